The molecule has 1 atom stereocenters. The summed E-state index contributed by atoms with van der Waals surface area (Å²) in [7, 11) is 0. The third kappa shape index (κ3) is 7.01. The molecule has 0 saturated heterocycles. The molecular weight excluding hydrogens is 492 g/mol. The van der Waals surface area contributed by atoms with Crippen molar-refractivity contribution in [3.8, 4) is 0 Å². The third-order valence-corrected chi connectivity index (χ3v) is 6.67. The van der Waals surface area contributed by atoms with Gasteiger partial charge in [-0.05, 0) is 58.5 Å². The summed E-state index contributed by atoms with van der Waals surface area (Å²) in [6.45, 7) is 0.893. The molecule has 8 heteroatoms. The van der Waals surface area contributed by atoms with Crippen molar-refractivity contribution in [2.24, 2.45) is 11.7 Å². The number of rotatable bonds is 10. The average Bonchev–Trinajstić information content (AvgIpc) is 3.35. The Labute approximate surface area is 209 Å². The maximum Gasteiger partial charge on any atom is 0.241 e. The zero-order valence-electron chi connectivity index (χ0n) is 19.1. The minimum atomic E-state index is -0.633. The number of carbonyl (C=O) groups is 1. The molecule has 3 aromatic rings. The molecule has 178 valence electrons. The Balaban J connectivity index is 1.33. The molecule has 7 nitrogen and oxygen atoms in total. The molecular formula is C26H31BrN6O. The van der Waals surface area contributed by atoms with Crippen molar-refractivity contribution >= 4 is 45.0 Å². The second-order valence-electron chi connectivity index (χ2n) is 8.75. The van der Waals surface area contributed by atoms with Gasteiger partial charge in [-0.25, -0.2) is 4.98 Å². The van der Waals surface area contributed by atoms with E-state index in [-0.39, 0.29) is 5.91 Å². The molecule has 2 aromatic carbocycles. The number of benzene rings is 2. The van der Waals surface area contributed by atoms with Crippen molar-refractivity contribution < 1.29 is 4.79 Å². The highest BCUT2D eigenvalue weighted by Crippen LogP contribution is 2.28. The normalized spacial score (nSPS) is 14.5. The molecule has 1 fully saturated rings. The van der Waals surface area contributed by atoms with Gasteiger partial charge in [-0.2, -0.15) is 4.98 Å². The van der Waals surface area contributed by atoms with Gasteiger partial charge >= 0.3 is 0 Å². The fourth-order valence-corrected chi connectivity index (χ4v) is 4.58. The van der Waals surface area contributed by atoms with E-state index in [4.69, 9.17) is 5.73 Å². The van der Waals surface area contributed by atoms with Crippen LogP contribution < -0.4 is 21.7 Å². The van der Waals surface area contributed by atoms with Crippen LogP contribution in [-0.4, -0.2) is 28.5 Å². The van der Waals surface area contributed by atoms with E-state index in [2.05, 4.69) is 41.8 Å². The first-order valence-electron chi connectivity index (χ1n) is 11.8. The van der Waals surface area contributed by atoms with Gasteiger partial charge in [0.25, 0.3) is 0 Å². The number of hydrogen-bond donors (Lipinski definition) is 4. The van der Waals surface area contributed by atoms with Crippen LogP contribution in [0.3, 0.4) is 0 Å². The van der Waals surface area contributed by atoms with Crippen molar-refractivity contribution in [1.82, 2.24) is 9.97 Å². The summed E-state index contributed by atoms with van der Waals surface area (Å²) in [5, 5.41) is 9.55. The first-order valence-corrected chi connectivity index (χ1v) is 12.6. The SMILES string of the molecule is NC(Cc1ccccc1)C(=O)Nc1cccc(Nc2ncc(Br)c(NCCC3CCCC3)n2)c1. The summed E-state index contributed by atoms with van der Waals surface area (Å²) in [6.07, 6.45) is 8.76. The second kappa shape index (κ2) is 11.9. The van der Waals surface area contributed by atoms with E-state index in [9.17, 15) is 4.79 Å². The van der Waals surface area contributed by atoms with Gasteiger partial charge in [-0.3, -0.25) is 4.79 Å². The van der Waals surface area contributed by atoms with Gasteiger partial charge in [-0.1, -0.05) is 62.1 Å². The van der Waals surface area contributed by atoms with Crippen LogP contribution in [-0.2, 0) is 11.2 Å². The Hall–Kier alpha value is -2.97. The molecule has 4 rings (SSSR count). The highest BCUT2D eigenvalue weighted by atomic mass is 79.9. The molecule has 1 amide bonds. The molecule has 1 aliphatic carbocycles. The molecule has 0 aliphatic heterocycles. The van der Waals surface area contributed by atoms with Gasteiger partial charge in [0.15, 0.2) is 0 Å². The van der Waals surface area contributed by atoms with Gasteiger partial charge in [0.1, 0.15) is 5.82 Å². The van der Waals surface area contributed by atoms with Crippen LogP contribution in [0.4, 0.5) is 23.1 Å². The Bertz CT molecular complexity index is 1090. The number of halogens is 1. The number of hydrogen-bond acceptors (Lipinski definition) is 6. The van der Waals surface area contributed by atoms with Gasteiger partial charge in [0, 0.05) is 24.1 Å². The standard InChI is InChI=1S/C26H31BrN6O/c27-22-17-30-26(33-24(22)29-14-13-18-7-4-5-8-18)32-21-12-6-11-20(16-21)31-25(34)23(28)15-19-9-2-1-3-10-19/h1-3,6,9-12,16-18,23H,4-5,7-8,13-15,28H2,(H,31,34)(H2,29,30,32,33). The van der Waals surface area contributed by atoms with E-state index in [1.165, 1.54) is 25.7 Å². The lowest BCUT2D eigenvalue weighted by Gasteiger charge is -2.14. The first-order chi connectivity index (χ1) is 16.6. The highest BCUT2D eigenvalue weighted by Gasteiger charge is 2.16. The molecule has 1 heterocycles. The average molecular weight is 523 g/mol. The Morgan fingerprint density at radius 1 is 1.09 bits per heavy atom. The molecule has 0 bridgehead atoms. The lowest BCUT2D eigenvalue weighted by atomic mass is 10.0. The lowest BCUT2D eigenvalue weighted by Crippen LogP contribution is -2.37. The van der Waals surface area contributed by atoms with Crippen LogP contribution in [0.5, 0.6) is 0 Å². The smallest absolute Gasteiger partial charge is 0.241 e. The van der Waals surface area contributed by atoms with Crippen molar-refractivity contribution in [1.29, 1.82) is 0 Å². The van der Waals surface area contributed by atoms with E-state index < -0.39 is 6.04 Å². The zero-order chi connectivity index (χ0) is 23.8. The van der Waals surface area contributed by atoms with E-state index >= 15 is 0 Å². The van der Waals surface area contributed by atoms with Crippen molar-refractivity contribution in [3.05, 3.63) is 70.8 Å². The fourth-order valence-electron chi connectivity index (χ4n) is 4.24. The van der Waals surface area contributed by atoms with Gasteiger partial charge in [-0.15, -0.1) is 0 Å². The quantitative estimate of drug-likeness (QED) is 0.280. The zero-order valence-corrected chi connectivity index (χ0v) is 20.7. The molecule has 1 aliphatic rings. The fraction of sp³-hybridized carbons (Fsp3) is 0.346. The Morgan fingerprint density at radius 2 is 1.85 bits per heavy atom. The minimum absolute atomic E-state index is 0.227. The predicted octanol–water partition coefficient (Wildman–Crippen LogP) is 5.48. The minimum Gasteiger partial charge on any atom is -0.369 e. The second-order valence-corrected chi connectivity index (χ2v) is 9.60. The lowest BCUT2D eigenvalue weighted by molar-refractivity contribution is -0.117. The maximum atomic E-state index is 12.6. The number of nitrogens with two attached hydrogens (primary N) is 1. The van der Waals surface area contributed by atoms with Gasteiger partial charge in [0.2, 0.25) is 11.9 Å². The summed E-state index contributed by atoms with van der Waals surface area (Å²) in [5.41, 5.74) is 8.57. The first kappa shape index (κ1) is 24.2. The van der Waals surface area contributed by atoms with Crippen molar-refractivity contribution in [3.63, 3.8) is 0 Å². The maximum absolute atomic E-state index is 12.6. The summed E-state index contributed by atoms with van der Waals surface area (Å²) in [4.78, 5) is 21.5. The largest absolute Gasteiger partial charge is 0.369 e. The number of nitrogens with zero attached hydrogens (tertiary/aromatic N) is 2. The summed E-state index contributed by atoms with van der Waals surface area (Å²) in [6, 6.07) is 16.6. The van der Waals surface area contributed by atoms with Gasteiger partial charge in [0.05, 0.1) is 10.5 Å². The molecule has 0 spiro atoms. The van der Waals surface area contributed by atoms with E-state index in [1.54, 1.807) is 6.20 Å². The molecule has 1 aromatic heterocycles. The number of anilines is 4. The molecule has 5 N–H and O–H groups in total. The van der Waals surface area contributed by atoms with Crippen molar-refractivity contribution in [2.75, 3.05) is 22.5 Å². The number of aromatic nitrogens is 2. The topological polar surface area (TPSA) is 105 Å². The highest BCUT2D eigenvalue weighted by molar-refractivity contribution is 9.10. The van der Waals surface area contributed by atoms with Crippen LogP contribution in [0.25, 0.3) is 0 Å². The molecule has 34 heavy (non-hydrogen) atoms. The Morgan fingerprint density at radius 3 is 2.65 bits per heavy atom. The summed E-state index contributed by atoms with van der Waals surface area (Å²) >= 11 is 3.53. The third-order valence-electron chi connectivity index (χ3n) is 6.09. The number of amides is 1. The van der Waals surface area contributed by atoms with Crippen LogP contribution >= 0.6 is 15.9 Å². The van der Waals surface area contributed by atoms with Gasteiger partial charge < -0.3 is 21.7 Å². The van der Waals surface area contributed by atoms with E-state index in [0.717, 1.165) is 40.4 Å². The summed E-state index contributed by atoms with van der Waals surface area (Å²) in [5.74, 6) is 1.85. The van der Waals surface area contributed by atoms with Crippen LogP contribution in [0.2, 0.25) is 0 Å². The Kier molecular flexibility index (Phi) is 8.49. The molecule has 0 radical (unpaired) electrons. The molecule has 1 unspecified atom stereocenters. The molecule has 1 saturated carbocycles. The van der Waals surface area contributed by atoms with Crippen molar-refractivity contribution in [2.45, 2.75) is 44.6 Å². The van der Waals surface area contributed by atoms with Crippen LogP contribution in [0, 0.1) is 5.92 Å². The van der Waals surface area contributed by atoms with Crippen LogP contribution in [0.1, 0.15) is 37.7 Å². The number of nitrogens with one attached hydrogen (secondary N) is 3. The summed E-state index contributed by atoms with van der Waals surface area (Å²) < 4.78 is 0.831. The van der Waals surface area contributed by atoms with E-state index in [0.29, 0.717) is 18.1 Å². The number of carbonyl (C=O) groups excluding carboxylic acids is 1. The van der Waals surface area contributed by atoms with E-state index in [1.807, 2.05) is 54.6 Å². The van der Waals surface area contributed by atoms with Crippen LogP contribution in [0.15, 0.2) is 65.3 Å². The predicted molar refractivity (Wildman–Crippen MR) is 141 cm³/mol. The monoisotopic (exact) mass is 522 g/mol.